The molecule has 1 unspecified atom stereocenters. The number of carbonyl (C=O) groups is 1. The first-order valence-corrected chi connectivity index (χ1v) is 8.20. The summed E-state index contributed by atoms with van der Waals surface area (Å²) in [4.78, 5) is 10.7. The Labute approximate surface area is 141 Å². The number of nitrogens with two attached hydrogens (primary N) is 1. The molecule has 0 radical (unpaired) electrons. The molecule has 0 saturated carbocycles. The monoisotopic (exact) mass is 332 g/mol. The molecule has 1 amide bonds. The molecule has 1 aromatic carbocycles. The van der Waals surface area contributed by atoms with Crippen molar-refractivity contribution >= 4 is 6.41 Å². The van der Waals surface area contributed by atoms with Crippen LogP contribution in [0.4, 0.5) is 0 Å². The van der Waals surface area contributed by atoms with Crippen molar-refractivity contribution in [1.82, 2.24) is 15.3 Å². The fraction of sp³-hybridized carbons (Fsp3) is 0.471. The minimum atomic E-state index is -0.500. The first kappa shape index (κ1) is 18.1. The number of carbonyl (C=O) groups excluding carboxylic acids is 1. The van der Waals surface area contributed by atoms with Crippen LogP contribution in [-0.2, 0) is 4.79 Å². The average Bonchev–Trinajstić information content (AvgIpc) is 3.11. The largest absolute Gasteiger partial charge is 0.423 e. The van der Waals surface area contributed by atoms with Crippen LogP contribution in [0, 0.1) is 0 Å². The first-order chi connectivity index (χ1) is 11.7. The zero-order valence-electron chi connectivity index (χ0n) is 13.8. The molecule has 130 valence electrons. The molecule has 0 saturated heterocycles. The van der Waals surface area contributed by atoms with Crippen molar-refractivity contribution in [3.8, 4) is 0 Å². The van der Waals surface area contributed by atoms with Gasteiger partial charge in [0.15, 0.2) is 0 Å². The van der Waals surface area contributed by atoms with Crippen LogP contribution in [0.1, 0.15) is 61.9 Å². The number of hydroxylamine groups is 2. The number of rotatable bonds is 10. The SMILES string of the molecule is CCCCC[C@@H](CN(O)C=O)c1nnc(C(N)c2ccccc2)o1. The van der Waals surface area contributed by atoms with Crippen LogP contribution >= 0.6 is 0 Å². The summed E-state index contributed by atoms with van der Waals surface area (Å²) in [5.41, 5.74) is 7.05. The molecule has 7 heteroatoms. The van der Waals surface area contributed by atoms with E-state index in [-0.39, 0.29) is 12.5 Å². The molecule has 2 aromatic rings. The van der Waals surface area contributed by atoms with E-state index in [4.69, 9.17) is 10.2 Å². The topological polar surface area (TPSA) is 105 Å². The molecule has 7 nitrogen and oxygen atoms in total. The predicted octanol–water partition coefficient (Wildman–Crippen LogP) is 2.63. The predicted molar refractivity (Wildman–Crippen MR) is 88.2 cm³/mol. The Morgan fingerprint density at radius 2 is 1.96 bits per heavy atom. The maximum absolute atomic E-state index is 10.7. The number of unbranched alkanes of at least 4 members (excludes halogenated alkanes) is 2. The average molecular weight is 332 g/mol. The molecule has 1 heterocycles. The van der Waals surface area contributed by atoms with Crippen molar-refractivity contribution < 1.29 is 14.4 Å². The van der Waals surface area contributed by atoms with Crippen molar-refractivity contribution in [2.24, 2.45) is 5.73 Å². The van der Waals surface area contributed by atoms with Crippen LogP contribution in [-0.4, -0.2) is 33.4 Å². The van der Waals surface area contributed by atoms with Crippen LogP contribution in [0.15, 0.2) is 34.7 Å². The van der Waals surface area contributed by atoms with E-state index in [9.17, 15) is 10.0 Å². The van der Waals surface area contributed by atoms with Gasteiger partial charge in [0.2, 0.25) is 18.2 Å². The molecule has 0 aliphatic heterocycles. The third-order valence-corrected chi connectivity index (χ3v) is 3.92. The summed E-state index contributed by atoms with van der Waals surface area (Å²) in [7, 11) is 0. The third-order valence-electron chi connectivity index (χ3n) is 3.92. The standard InChI is InChI=1S/C17H24N4O3/c1-2-3-5-10-14(11-21(23)12-22)16-19-20-17(24-16)15(18)13-8-6-4-7-9-13/h4,6-9,12,14-15,23H,2-3,5,10-11,18H2,1H3/t14-,15?/m0/s1. The lowest BCUT2D eigenvalue weighted by Gasteiger charge is -2.16. The van der Waals surface area contributed by atoms with Crippen molar-refractivity contribution in [1.29, 1.82) is 0 Å². The van der Waals surface area contributed by atoms with Gasteiger partial charge in [-0.05, 0) is 12.0 Å². The zero-order chi connectivity index (χ0) is 17.4. The molecule has 2 rings (SSSR count). The summed E-state index contributed by atoms with van der Waals surface area (Å²) < 4.78 is 5.74. The smallest absolute Gasteiger partial charge is 0.237 e. The van der Waals surface area contributed by atoms with E-state index in [0.717, 1.165) is 31.2 Å². The van der Waals surface area contributed by atoms with Gasteiger partial charge in [-0.3, -0.25) is 10.0 Å². The molecule has 0 aliphatic rings. The van der Waals surface area contributed by atoms with Gasteiger partial charge in [0, 0.05) is 0 Å². The van der Waals surface area contributed by atoms with Gasteiger partial charge in [-0.2, -0.15) is 0 Å². The van der Waals surface area contributed by atoms with Gasteiger partial charge in [0.25, 0.3) is 0 Å². The van der Waals surface area contributed by atoms with Crippen LogP contribution < -0.4 is 5.73 Å². The number of nitrogens with zero attached hydrogens (tertiary/aromatic N) is 3. The Balaban J connectivity index is 2.12. The lowest BCUT2D eigenvalue weighted by molar-refractivity contribution is -0.151. The highest BCUT2D eigenvalue weighted by molar-refractivity contribution is 5.44. The molecule has 0 spiro atoms. The normalized spacial score (nSPS) is 13.5. The molecule has 24 heavy (non-hydrogen) atoms. The van der Waals surface area contributed by atoms with E-state index in [1.807, 2.05) is 30.3 Å². The highest BCUT2D eigenvalue weighted by Gasteiger charge is 2.23. The number of benzene rings is 1. The Morgan fingerprint density at radius 3 is 2.62 bits per heavy atom. The van der Waals surface area contributed by atoms with E-state index in [0.29, 0.717) is 23.3 Å². The molecule has 2 atom stereocenters. The molecule has 0 bridgehead atoms. The Bertz CT molecular complexity index is 617. The van der Waals surface area contributed by atoms with Gasteiger partial charge in [0.05, 0.1) is 12.5 Å². The highest BCUT2D eigenvalue weighted by atomic mass is 16.5. The van der Waals surface area contributed by atoms with Gasteiger partial charge in [-0.15, -0.1) is 10.2 Å². The second-order valence-electron chi connectivity index (χ2n) is 5.79. The van der Waals surface area contributed by atoms with Gasteiger partial charge in [0.1, 0.15) is 6.04 Å². The third kappa shape index (κ3) is 4.87. The lowest BCUT2D eigenvalue weighted by atomic mass is 10.0. The van der Waals surface area contributed by atoms with Crippen molar-refractivity contribution in [3.63, 3.8) is 0 Å². The number of hydrogen-bond donors (Lipinski definition) is 2. The summed E-state index contributed by atoms with van der Waals surface area (Å²) in [5, 5.41) is 18.2. The van der Waals surface area contributed by atoms with E-state index in [2.05, 4.69) is 17.1 Å². The Hall–Kier alpha value is -2.25. The summed E-state index contributed by atoms with van der Waals surface area (Å²) in [6.45, 7) is 2.23. The lowest BCUT2D eigenvalue weighted by Crippen LogP contribution is -2.24. The zero-order valence-corrected chi connectivity index (χ0v) is 13.8. The quantitative estimate of drug-likeness (QED) is 0.300. The van der Waals surface area contributed by atoms with E-state index in [1.54, 1.807) is 0 Å². The molecule has 0 fully saturated rings. The fourth-order valence-corrected chi connectivity index (χ4v) is 2.54. The maximum atomic E-state index is 10.7. The summed E-state index contributed by atoms with van der Waals surface area (Å²) in [6, 6.07) is 9.00. The Morgan fingerprint density at radius 1 is 1.25 bits per heavy atom. The summed E-state index contributed by atoms with van der Waals surface area (Å²) >= 11 is 0. The number of hydrogen-bond acceptors (Lipinski definition) is 6. The van der Waals surface area contributed by atoms with Crippen LogP contribution in [0.3, 0.4) is 0 Å². The van der Waals surface area contributed by atoms with Crippen molar-refractivity contribution in [2.75, 3.05) is 6.54 Å². The first-order valence-electron chi connectivity index (χ1n) is 8.20. The van der Waals surface area contributed by atoms with E-state index >= 15 is 0 Å². The van der Waals surface area contributed by atoms with Crippen LogP contribution in [0.25, 0.3) is 0 Å². The number of aromatic nitrogens is 2. The fourth-order valence-electron chi connectivity index (χ4n) is 2.54. The molecular weight excluding hydrogens is 308 g/mol. The second-order valence-corrected chi connectivity index (χ2v) is 5.79. The minimum absolute atomic E-state index is 0.120. The number of amides is 1. The van der Waals surface area contributed by atoms with Gasteiger partial charge in [-0.25, -0.2) is 5.06 Å². The molecular formula is C17H24N4O3. The summed E-state index contributed by atoms with van der Waals surface area (Å²) in [5.74, 6) is 0.511. The molecule has 1 aromatic heterocycles. The Kier molecular flexibility index (Phi) is 6.89. The molecule has 3 N–H and O–H groups in total. The maximum Gasteiger partial charge on any atom is 0.237 e. The van der Waals surface area contributed by atoms with Crippen molar-refractivity contribution in [3.05, 3.63) is 47.7 Å². The van der Waals surface area contributed by atoms with Crippen molar-refractivity contribution in [2.45, 2.75) is 44.6 Å². The second kappa shape index (κ2) is 9.14. The van der Waals surface area contributed by atoms with Gasteiger partial charge in [-0.1, -0.05) is 56.5 Å². The van der Waals surface area contributed by atoms with E-state index in [1.165, 1.54) is 0 Å². The van der Waals surface area contributed by atoms with Crippen LogP contribution in [0.2, 0.25) is 0 Å². The molecule has 0 aliphatic carbocycles. The van der Waals surface area contributed by atoms with Gasteiger partial charge < -0.3 is 10.2 Å². The summed E-state index contributed by atoms with van der Waals surface area (Å²) in [6.07, 6.45) is 4.22. The minimum Gasteiger partial charge on any atom is -0.423 e. The van der Waals surface area contributed by atoms with E-state index < -0.39 is 6.04 Å². The van der Waals surface area contributed by atoms with Crippen LogP contribution in [0.5, 0.6) is 0 Å². The van der Waals surface area contributed by atoms with Gasteiger partial charge >= 0.3 is 0 Å². The highest BCUT2D eigenvalue weighted by Crippen LogP contribution is 2.25.